The van der Waals surface area contributed by atoms with Crippen LogP contribution in [0.15, 0.2) is 0 Å². The normalized spacial score (nSPS) is 21.9. The van der Waals surface area contributed by atoms with E-state index in [9.17, 15) is 4.79 Å². The summed E-state index contributed by atoms with van der Waals surface area (Å²) < 4.78 is 5.31. The van der Waals surface area contributed by atoms with E-state index >= 15 is 0 Å². The molecule has 18 heavy (non-hydrogen) atoms. The fourth-order valence-electron chi connectivity index (χ4n) is 2.22. The summed E-state index contributed by atoms with van der Waals surface area (Å²) in [6.07, 6.45) is 11.1. The number of hydrogen-bond acceptors (Lipinski definition) is 2. The fourth-order valence-corrected chi connectivity index (χ4v) is 2.22. The molecule has 1 fully saturated rings. The molecule has 2 atom stereocenters. The summed E-state index contributed by atoms with van der Waals surface area (Å²) in [5, 5.41) is 3.00. The molecule has 0 aliphatic carbocycles. The minimum absolute atomic E-state index is 0.205. The van der Waals surface area contributed by atoms with Gasteiger partial charge in [-0.3, -0.25) is 4.79 Å². The summed E-state index contributed by atoms with van der Waals surface area (Å²) in [5.74, 6) is 0.205. The van der Waals surface area contributed by atoms with Crippen LogP contribution < -0.4 is 5.32 Å². The Bertz CT molecular complexity index is 231. The maximum Gasteiger partial charge on any atom is 0.219 e. The Morgan fingerprint density at radius 2 is 1.78 bits per heavy atom. The minimum Gasteiger partial charge on any atom is -0.370 e. The van der Waals surface area contributed by atoms with E-state index in [2.05, 4.69) is 19.2 Å². The van der Waals surface area contributed by atoms with Gasteiger partial charge in [-0.05, 0) is 26.2 Å². The van der Waals surface area contributed by atoms with Crippen molar-refractivity contribution in [1.29, 1.82) is 0 Å². The largest absolute Gasteiger partial charge is 0.370 e. The highest BCUT2D eigenvalue weighted by Gasteiger charge is 2.33. The van der Waals surface area contributed by atoms with Crippen molar-refractivity contribution < 1.29 is 9.53 Å². The first kappa shape index (κ1) is 15.5. The average Bonchev–Trinajstić information content (AvgIpc) is 3.04. The van der Waals surface area contributed by atoms with E-state index in [1.54, 1.807) is 0 Å². The highest BCUT2D eigenvalue weighted by Crippen LogP contribution is 2.25. The molecular formula is C15H29NO2. The highest BCUT2D eigenvalue weighted by molar-refractivity contribution is 5.75. The van der Waals surface area contributed by atoms with Crippen LogP contribution in [0.1, 0.15) is 71.6 Å². The predicted molar refractivity (Wildman–Crippen MR) is 74.6 cm³/mol. The van der Waals surface area contributed by atoms with Gasteiger partial charge in [-0.15, -0.1) is 0 Å². The van der Waals surface area contributed by atoms with Crippen LogP contribution in [-0.4, -0.2) is 24.7 Å². The minimum atomic E-state index is 0.205. The Kier molecular flexibility index (Phi) is 8.06. The van der Waals surface area contributed by atoms with Crippen LogP contribution in [0, 0.1) is 0 Å². The summed E-state index contributed by atoms with van der Waals surface area (Å²) in [6, 6.07) is 0. The van der Waals surface area contributed by atoms with Gasteiger partial charge in [0.05, 0.1) is 12.2 Å². The molecule has 0 saturated carbocycles. The van der Waals surface area contributed by atoms with Gasteiger partial charge in [0.1, 0.15) is 0 Å². The van der Waals surface area contributed by atoms with Crippen LogP contribution >= 0.6 is 0 Å². The van der Waals surface area contributed by atoms with Gasteiger partial charge in [-0.25, -0.2) is 0 Å². The zero-order chi connectivity index (χ0) is 13.2. The van der Waals surface area contributed by atoms with Gasteiger partial charge in [0.2, 0.25) is 5.91 Å². The lowest BCUT2D eigenvalue weighted by atomic mass is 10.1. The van der Waals surface area contributed by atoms with E-state index < -0.39 is 0 Å². The second-order valence-corrected chi connectivity index (χ2v) is 5.39. The quantitative estimate of drug-likeness (QED) is 0.454. The molecule has 0 radical (unpaired) electrons. The summed E-state index contributed by atoms with van der Waals surface area (Å²) in [5.41, 5.74) is 0. The number of rotatable bonds is 11. The zero-order valence-electron chi connectivity index (χ0n) is 12.0. The second-order valence-electron chi connectivity index (χ2n) is 5.39. The third-order valence-corrected chi connectivity index (χ3v) is 3.58. The third-order valence-electron chi connectivity index (χ3n) is 3.58. The van der Waals surface area contributed by atoms with E-state index in [-0.39, 0.29) is 5.91 Å². The van der Waals surface area contributed by atoms with Gasteiger partial charge in [-0.1, -0.05) is 39.0 Å². The van der Waals surface area contributed by atoms with Gasteiger partial charge < -0.3 is 10.1 Å². The van der Waals surface area contributed by atoms with Gasteiger partial charge in [0.25, 0.3) is 0 Å². The van der Waals surface area contributed by atoms with Gasteiger partial charge in [0.15, 0.2) is 0 Å². The lowest BCUT2D eigenvalue weighted by molar-refractivity contribution is -0.121. The molecule has 1 aliphatic heterocycles. The number of nitrogens with one attached hydrogen (secondary N) is 1. The zero-order valence-corrected chi connectivity index (χ0v) is 12.0. The van der Waals surface area contributed by atoms with Crippen LogP contribution in [0.2, 0.25) is 0 Å². The van der Waals surface area contributed by atoms with Crippen LogP contribution in [-0.2, 0) is 9.53 Å². The first-order valence-corrected chi connectivity index (χ1v) is 7.66. The van der Waals surface area contributed by atoms with E-state index in [0.717, 1.165) is 25.8 Å². The molecule has 3 heteroatoms. The molecule has 1 rings (SSSR count). The van der Waals surface area contributed by atoms with E-state index in [1.165, 1.54) is 32.1 Å². The molecule has 0 aromatic rings. The van der Waals surface area contributed by atoms with Gasteiger partial charge in [0, 0.05) is 13.0 Å². The number of epoxide rings is 1. The molecule has 1 heterocycles. The number of carbonyl (C=O) groups excluding carboxylic acids is 1. The number of hydrogen-bond donors (Lipinski definition) is 1. The maximum absolute atomic E-state index is 11.5. The van der Waals surface area contributed by atoms with Crippen LogP contribution in [0.5, 0.6) is 0 Å². The molecule has 0 spiro atoms. The molecule has 0 aromatic carbocycles. The van der Waals surface area contributed by atoms with Crippen molar-refractivity contribution in [3.8, 4) is 0 Å². The SMILES string of the molecule is CCCCCCCCNC(=O)CCCC1OC1C. The van der Waals surface area contributed by atoms with Gasteiger partial charge >= 0.3 is 0 Å². The van der Waals surface area contributed by atoms with Crippen molar-refractivity contribution in [2.75, 3.05) is 6.54 Å². The summed E-state index contributed by atoms with van der Waals surface area (Å²) >= 11 is 0. The lowest BCUT2D eigenvalue weighted by Crippen LogP contribution is -2.24. The molecule has 1 aliphatic rings. The molecule has 1 saturated heterocycles. The van der Waals surface area contributed by atoms with Crippen molar-refractivity contribution in [2.24, 2.45) is 0 Å². The Morgan fingerprint density at radius 1 is 1.11 bits per heavy atom. The number of carbonyl (C=O) groups is 1. The van der Waals surface area contributed by atoms with Crippen molar-refractivity contribution in [2.45, 2.75) is 83.8 Å². The van der Waals surface area contributed by atoms with E-state index in [0.29, 0.717) is 18.6 Å². The van der Waals surface area contributed by atoms with Crippen LogP contribution in [0.4, 0.5) is 0 Å². The highest BCUT2D eigenvalue weighted by atomic mass is 16.6. The predicted octanol–water partition coefficient (Wildman–Crippen LogP) is 3.42. The Labute approximate surface area is 112 Å². The fraction of sp³-hybridized carbons (Fsp3) is 0.933. The number of unbranched alkanes of at least 4 members (excludes halogenated alkanes) is 5. The lowest BCUT2D eigenvalue weighted by Gasteiger charge is -2.04. The summed E-state index contributed by atoms with van der Waals surface area (Å²) in [6.45, 7) is 5.16. The molecular weight excluding hydrogens is 226 g/mol. The monoisotopic (exact) mass is 255 g/mol. The first-order valence-electron chi connectivity index (χ1n) is 7.66. The van der Waals surface area contributed by atoms with Gasteiger partial charge in [-0.2, -0.15) is 0 Å². The second kappa shape index (κ2) is 9.37. The van der Waals surface area contributed by atoms with Crippen molar-refractivity contribution in [1.82, 2.24) is 5.32 Å². The van der Waals surface area contributed by atoms with Crippen molar-refractivity contribution >= 4 is 5.91 Å². The average molecular weight is 255 g/mol. The summed E-state index contributed by atoms with van der Waals surface area (Å²) in [7, 11) is 0. The smallest absolute Gasteiger partial charge is 0.219 e. The van der Waals surface area contributed by atoms with E-state index in [4.69, 9.17) is 4.74 Å². The molecule has 0 aromatic heterocycles. The standard InChI is InChI=1S/C15H29NO2/c1-3-4-5-6-7-8-12-16-15(17)11-9-10-14-13(2)18-14/h13-14H,3-12H2,1-2H3,(H,16,17). The molecule has 0 bridgehead atoms. The number of ether oxygens (including phenoxy) is 1. The van der Waals surface area contributed by atoms with Crippen molar-refractivity contribution in [3.63, 3.8) is 0 Å². The Morgan fingerprint density at radius 3 is 2.44 bits per heavy atom. The Hall–Kier alpha value is -0.570. The molecule has 3 nitrogen and oxygen atoms in total. The third kappa shape index (κ3) is 7.70. The molecule has 2 unspecified atom stereocenters. The topological polar surface area (TPSA) is 41.6 Å². The van der Waals surface area contributed by atoms with Crippen LogP contribution in [0.3, 0.4) is 0 Å². The molecule has 1 amide bonds. The molecule has 1 N–H and O–H groups in total. The summed E-state index contributed by atoms with van der Waals surface area (Å²) in [4.78, 5) is 11.5. The molecule has 106 valence electrons. The Balaban J connectivity index is 1.78. The van der Waals surface area contributed by atoms with Crippen LogP contribution in [0.25, 0.3) is 0 Å². The first-order chi connectivity index (χ1) is 8.74. The number of amides is 1. The maximum atomic E-state index is 11.5. The van der Waals surface area contributed by atoms with Crippen molar-refractivity contribution in [3.05, 3.63) is 0 Å². The van der Waals surface area contributed by atoms with E-state index in [1.807, 2.05) is 0 Å².